The SMILES string of the molecule is OC(c1ccc(F)cc1C(F)(F)F)C1CC1. The predicted octanol–water partition coefficient (Wildman–Crippen LogP) is 3.29. The molecule has 1 aromatic carbocycles. The highest BCUT2D eigenvalue weighted by Gasteiger charge is 2.39. The Morgan fingerprint density at radius 1 is 1.25 bits per heavy atom. The fraction of sp³-hybridized carbons (Fsp3) is 0.455. The summed E-state index contributed by atoms with van der Waals surface area (Å²) in [5, 5.41) is 9.67. The van der Waals surface area contributed by atoms with Crippen LogP contribution in [-0.4, -0.2) is 5.11 Å². The van der Waals surface area contributed by atoms with Gasteiger partial charge in [-0.15, -0.1) is 0 Å². The molecule has 88 valence electrons. The topological polar surface area (TPSA) is 20.2 Å². The maximum Gasteiger partial charge on any atom is 0.416 e. The fourth-order valence-corrected chi connectivity index (χ4v) is 1.70. The van der Waals surface area contributed by atoms with Crippen LogP contribution in [0.4, 0.5) is 17.6 Å². The molecular formula is C11H10F4O. The zero-order valence-corrected chi connectivity index (χ0v) is 8.26. The Morgan fingerprint density at radius 2 is 1.88 bits per heavy atom. The molecule has 1 saturated carbocycles. The molecule has 1 nitrogen and oxygen atoms in total. The average molecular weight is 234 g/mol. The first kappa shape index (κ1) is 11.4. The molecule has 16 heavy (non-hydrogen) atoms. The van der Waals surface area contributed by atoms with Gasteiger partial charge in [0.25, 0.3) is 0 Å². The van der Waals surface area contributed by atoms with E-state index in [-0.39, 0.29) is 11.5 Å². The smallest absolute Gasteiger partial charge is 0.388 e. The number of aliphatic hydroxyl groups excluding tert-OH is 1. The third-order valence-corrected chi connectivity index (χ3v) is 2.71. The highest BCUT2D eigenvalue weighted by molar-refractivity contribution is 5.33. The van der Waals surface area contributed by atoms with Crippen molar-refractivity contribution in [1.82, 2.24) is 0 Å². The van der Waals surface area contributed by atoms with E-state index in [1.165, 1.54) is 0 Å². The van der Waals surface area contributed by atoms with Crippen molar-refractivity contribution < 1.29 is 22.7 Å². The van der Waals surface area contributed by atoms with Crippen LogP contribution in [0.15, 0.2) is 18.2 Å². The standard InChI is InChI=1S/C11H10F4O/c12-7-3-4-8(10(16)6-1-2-6)9(5-7)11(13,14)15/h3-6,10,16H,1-2H2. The van der Waals surface area contributed by atoms with E-state index in [1.807, 2.05) is 0 Å². The molecule has 0 bridgehead atoms. The Kier molecular flexibility index (Phi) is 2.66. The van der Waals surface area contributed by atoms with Crippen LogP contribution in [0.25, 0.3) is 0 Å². The molecule has 0 radical (unpaired) electrons. The molecule has 1 atom stereocenters. The van der Waals surface area contributed by atoms with E-state index < -0.39 is 23.7 Å². The minimum absolute atomic E-state index is 0.119. The lowest BCUT2D eigenvalue weighted by Gasteiger charge is -2.17. The van der Waals surface area contributed by atoms with E-state index >= 15 is 0 Å². The van der Waals surface area contributed by atoms with Gasteiger partial charge in [0, 0.05) is 0 Å². The average Bonchev–Trinajstić information content (AvgIpc) is 2.98. The lowest BCUT2D eigenvalue weighted by atomic mass is 9.99. The van der Waals surface area contributed by atoms with Gasteiger partial charge < -0.3 is 5.11 Å². The molecule has 0 spiro atoms. The number of benzene rings is 1. The van der Waals surface area contributed by atoms with Gasteiger partial charge in [-0.05, 0) is 36.5 Å². The molecule has 0 heterocycles. The summed E-state index contributed by atoms with van der Waals surface area (Å²) in [7, 11) is 0. The summed E-state index contributed by atoms with van der Waals surface area (Å²) in [5.74, 6) is -1.06. The molecule has 1 aliphatic carbocycles. The third-order valence-electron chi connectivity index (χ3n) is 2.71. The molecule has 1 N–H and O–H groups in total. The van der Waals surface area contributed by atoms with Crippen molar-refractivity contribution in [3.63, 3.8) is 0 Å². The maximum atomic E-state index is 12.8. The van der Waals surface area contributed by atoms with Crippen LogP contribution in [0.2, 0.25) is 0 Å². The van der Waals surface area contributed by atoms with Crippen molar-refractivity contribution in [3.05, 3.63) is 35.1 Å². The van der Waals surface area contributed by atoms with Crippen LogP contribution in [0, 0.1) is 11.7 Å². The Hall–Kier alpha value is -1.10. The van der Waals surface area contributed by atoms with Gasteiger partial charge in [0.2, 0.25) is 0 Å². The van der Waals surface area contributed by atoms with Gasteiger partial charge in [0.1, 0.15) is 5.82 Å². The fourth-order valence-electron chi connectivity index (χ4n) is 1.70. The normalized spacial score (nSPS) is 18.6. The Morgan fingerprint density at radius 3 is 2.38 bits per heavy atom. The number of hydrogen-bond donors (Lipinski definition) is 1. The molecular weight excluding hydrogens is 224 g/mol. The highest BCUT2D eigenvalue weighted by Crippen LogP contribution is 2.44. The molecule has 0 aromatic heterocycles. The lowest BCUT2D eigenvalue weighted by Crippen LogP contribution is -2.13. The van der Waals surface area contributed by atoms with Crippen LogP contribution in [0.1, 0.15) is 30.1 Å². The molecule has 0 amide bonds. The first-order valence-corrected chi connectivity index (χ1v) is 4.94. The molecule has 1 aromatic rings. The minimum atomic E-state index is -4.63. The van der Waals surface area contributed by atoms with Gasteiger partial charge in [-0.25, -0.2) is 4.39 Å². The Labute approximate surface area is 89.7 Å². The van der Waals surface area contributed by atoms with E-state index in [2.05, 4.69) is 0 Å². The van der Waals surface area contributed by atoms with E-state index in [9.17, 15) is 22.7 Å². The quantitative estimate of drug-likeness (QED) is 0.778. The lowest BCUT2D eigenvalue weighted by molar-refractivity contribution is -0.139. The molecule has 1 fully saturated rings. The Bertz CT molecular complexity index is 395. The first-order chi connectivity index (χ1) is 7.39. The second kappa shape index (κ2) is 3.73. The van der Waals surface area contributed by atoms with Crippen molar-refractivity contribution >= 4 is 0 Å². The summed E-state index contributed by atoms with van der Waals surface area (Å²) in [6.45, 7) is 0. The predicted molar refractivity (Wildman–Crippen MR) is 49.1 cm³/mol. The minimum Gasteiger partial charge on any atom is -0.388 e. The van der Waals surface area contributed by atoms with Gasteiger partial charge in [-0.3, -0.25) is 0 Å². The van der Waals surface area contributed by atoms with Crippen LogP contribution in [-0.2, 0) is 6.18 Å². The van der Waals surface area contributed by atoms with Crippen molar-refractivity contribution in [3.8, 4) is 0 Å². The maximum absolute atomic E-state index is 12.8. The molecule has 2 rings (SSSR count). The molecule has 1 aliphatic rings. The van der Waals surface area contributed by atoms with E-state index in [0.29, 0.717) is 6.07 Å². The summed E-state index contributed by atoms with van der Waals surface area (Å²) in [6.07, 6.45) is -4.34. The zero-order chi connectivity index (χ0) is 11.9. The summed E-state index contributed by atoms with van der Waals surface area (Å²) >= 11 is 0. The van der Waals surface area contributed by atoms with Crippen molar-refractivity contribution in [2.75, 3.05) is 0 Å². The summed E-state index contributed by atoms with van der Waals surface area (Å²) in [6, 6.07) is 2.39. The second-order valence-corrected chi connectivity index (χ2v) is 4.01. The van der Waals surface area contributed by atoms with E-state index in [1.54, 1.807) is 0 Å². The first-order valence-electron chi connectivity index (χ1n) is 4.94. The van der Waals surface area contributed by atoms with Gasteiger partial charge in [0.05, 0.1) is 11.7 Å². The van der Waals surface area contributed by atoms with E-state index in [4.69, 9.17) is 0 Å². The second-order valence-electron chi connectivity index (χ2n) is 4.01. The van der Waals surface area contributed by atoms with Crippen LogP contribution < -0.4 is 0 Å². The zero-order valence-electron chi connectivity index (χ0n) is 8.26. The van der Waals surface area contributed by atoms with Gasteiger partial charge >= 0.3 is 6.18 Å². The molecule has 0 aliphatic heterocycles. The van der Waals surface area contributed by atoms with Crippen molar-refractivity contribution in [1.29, 1.82) is 0 Å². The van der Waals surface area contributed by atoms with Crippen molar-refractivity contribution in [2.24, 2.45) is 5.92 Å². The molecule has 1 unspecified atom stereocenters. The highest BCUT2D eigenvalue weighted by atomic mass is 19.4. The molecule has 0 saturated heterocycles. The number of halogens is 4. The monoisotopic (exact) mass is 234 g/mol. The van der Waals surface area contributed by atoms with Crippen LogP contribution in [0.3, 0.4) is 0 Å². The van der Waals surface area contributed by atoms with Crippen LogP contribution >= 0.6 is 0 Å². The third kappa shape index (κ3) is 2.19. The van der Waals surface area contributed by atoms with Crippen molar-refractivity contribution in [2.45, 2.75) is 25.1 Å². The number of rotatable bonds is 2. The Balaban J connectivity index is 2.43. The summed E-state index contributed by atoms with van der Waals surface area (Å²) in [4.78, 5) is 0. The van der Waals surface area contributed by atoms with Gasteiger partial charge in [-0.1, -0.05) is 6.07 Å². The number of aliphatic hydroxyl groups is 1. The molecule has 5 heteroatoms. The van der Waals surface area contributed by atoms with Gasteiger partial charge in [-0.2, -0.15) is 13.2 Å². The summed E-state index contributed by atoms with van der Waals surface area (Å²) < 4.78 is 50.6. The number of hydrogen-bond acceptors (Lipinski definition) is 1. The number of alkyl halides is 3. The van der Waals surface area contributed by atoms with E-state index in [0.717, 1.165) is 25.0 Å². The van der Waals surface area contributed by atoms with Crippen LogP contribution in [0.5, 0.6) is 0 Å². The summed E-state index contributed by atoms with van der Waals surface area (Å²) in [5.41, 5.74) is -1.30. The van der Waals surface area contributed by atoms with Gasteiger partial charge in [0.15, 0.2) is 0 Å². The largest absolute Gasteiger partial charge is 0.416 e.